The quantitative estimate of drug-likeness (QED) is 0.381. The van der Waals surface area contributed by atoms with Gasteiger partial charge in [-0.1, -0.05) is 0 Å². The van der Waals surface area contributed by atoms with E-state index in [0.717, 1.165) is 0 Å². The Hall–Kier alpha value is -3.55. The number of benzene rings is 1. The fourth-order valence-electron chi connectivity index (χ4n) is 2.91. The standard InChI is InChI=1S/C22H25NO7/c1-6-29-22(26)20-13(2)21(23-14(20)3)17(24)12-30-19(25)10-8-15-7-9-16(27-4)11-18(15)28-5/h7-11,23H,6,12H2,1-5H3. The first kappa shape index (κ1) is 22.7. The molecule has 0 saturated heterocycles. The number of aromatic nitrogens is 1. The molecule has 2 rings (SSSR count). The van der Waals surface area contributed by atoms with Crippen molar-refractivity contribution in [2.45, 2.75) is 20.8 Å². The molecule has 1 N–H and O–H groups in total. The molecule has 0 amide bonds. The molecule has 1 heterocycles. The molecule has 0 atom stereocenters. The Balaban J connectivity index is 2.03. The molecule has 0 fully saturated rings. The minimum absolute atomic E-state index is 0.212. The Morgan fingerprint density at radius 2 is 1.80 bits per heavy atom. The Kier molecular flexibility index (Phi) is 7.80. The van der Waals surface area contributed by atoms with Gasteiger partial charge >= 0.3 is 11.9 Å². The smallest absolute Gasteiger partial charge is 0.340 e. The zero-order chi connectivity index (χ0) is 22.3. The number of ether oxygens (including phenoxy) is 4. The fourth-order valence-corrected chi connectivity index (χ4v) is 2.91. The molecule has 0 unspecified atom stereocenters. The first-order chi connectivity index (χ1) is 14.3. The van der Waals surface area contributed by atoms with Crippen LogP contribution in [0.15, 0.2) is 24.3 Å². The molecule has 160 valence electrons. The van der Waals surface area contributed by atoms with Crippen LogP contribution in [0, 0.1) is 13.8 Å². The summed E-state index contributed by atoms with van der Waals surface area (Å²) in [5, 5.41) is 0. The average molecular weight is 415 g/mol. The number of carbonyl (C=O) groups is 3. The molecular weight excluding hydrogens is 390 g/mol. The van der Waals surface area contributed by atoms with Crippen molar-refractivity contribution in [1.29, 1.82) is 0 Å². The number of carbonyl (C=O) groups excluding carboxylic acids is 3. The maximum Gasteiger partial charge on any atom is 0.340 e. The van der Waals surface area contributed by atoms with Gasteiger partial charge in [0.1, 0.15) is 11.5 Å². The van der Waals surface area contributed by atoms with E-state index in [1.807, 2.05) is 0 Å². The van der Waals surface area contributed by atoms with Crippen molar-refractivity contribution in [3.8, 4) is 11.5 Å². The number of hydrogen-bond donors (Lipinski definition) is 1. The van der Waals surface area contributed by atoms with Gasteiger partial charge in [-0.15, -0.1) is 0 Å². The number of aryl methyl sites for hydroxylation is 1. The summed E-state index contributed by atoms with van der Waals surface area (Å²) in [7, 11) is 3.05. The largest absolute Gasteiger partial charge is 0.497 e. The van der Waals surface area contributed by atoms with E-state index in [-0.39, 0.29) is 12.3 Å². The minimum atomic E-state index is -0.687. The molecule has 0 aliphatic rings. The molecule has 2 aromatic rings. The van der Waals surface area contributed by atoms with Crippen molar-refractivity contribution in [3.63, 3.8) is 0 Å². The average Bonchev–Trinajstić information content (AvgIpc) is 3.04. The maximum absolute atomic E-state index is 12.4. The van der Waals surface area contributed by atoms with Crippen LogP contribution < -0.4 is 9.47 Å². The van der Waals surface area contributed by atoms with Gasteiger partial charge in [0.2, 0.25) is 5.78 Å². The first-order valence-electron chi connectivity index (χ1n) is 9.28. The van der Waals surface area contributed by atoms with Crippen LogP contribution in [0.3, 0.4) is 0 Å². The summed E-state index contributed by atoms with van der Waals surface area (Å²) in [5.74, 6) is -0.492. The number of nitrogens with one attached hydrogen (secondary N) is 1. The third-order valence-corrected chi connectivity index (χ3v) is 4.38. The van der Waals surface area contributed by atoms with Crippen LogP contribution in [-0.2, 0) is 14.3 Å². The van der Waals surface area contributed by atoms with E-state index in [1.54, 1.807) is 46.1 Å². The van der Waals surface area contributed by atoms with E-state index >= 15 is 0 Å². The number of H-pyrrole nitrogens is 1. The predicted octanol–water partition coefficient (Wildman–Crippen LogP) is 3.26. The summed E-state index contributed by atoms with van der Waals surface area (Å²) in [6.45, 7) is 4.78. The molecule has 0 bridgehead atoms. The molecule has 0 spiro atoms. The number of aromatic amines is 1. The van der Waals surface area contributed by atoms with Crippen LogP contribution >= 0.6 is 0 Å². The second-order valence-corrected chi connectivity index (χ2v) is 6.32. The van der Waals surface area contributed by atoms with Gasteiger partial charge in [0.25, 0.3) is 0 Å². The number of methoxy groups -OCH3 is 2. The lowest BCUT2D eigenvalue weighted by atomic mass is 10.1. The van der Waals surface area contributed by atoms with Crippen molar-refractivity contribution in [1.82, 2.24) is 4.98 Å². The first-order valence-corrected chi connectivity index (χ1v) is 9.28. The Labute approximate surface area is 174 Å². The van der Waals surface area contributed by atoms with Gasteiger partial charge in [0, 0.05) is 23.4 Å². The van der Waals surface area contributed by atoms with E-state index in [0.29, 0.717) is 33.9 Å². The van der Waals surface area contributed by atoms with Crippen molar-refractivity contribution >= 4 is 23.8 Å². The van der Waals surface area contributed by atoms with Gasteiger partial charge in [0.15, 0.2) is 6.61 Å². The normalized spacial score (nSPS) is 10.7. The summed E-state index contributed by atoms with van der Waals surface area (Å²) in [4.78, 5) is 39.4. The third kappa shape index (κ3) is 5.28. The lowest BCUT2D eigenvalue weighted by Crippen LogP contribution is -2.14. The number of hydrogen-bond acceptors (Lipinski definition) is 7. The number of Topliss-reactive ketones (excluding diaryl/α,β-unsaturated/α-hetero) is 1. The molecular formula is C22H25NO7. The second-order valence-electron chi connectivity index (χ2n) is 6.32. The Morgan fingerprint density at radius 1 is 1.07 bits per heavy atom. The number of rotatable bonds is 9. The van der Waals surface area contributed by atoms with E-state index in [2.05, 4.69) is 4.98 Å². The van der Waals surface area contributed by atoms with Crippen molar-refractivity contribution in [3.05, 3.63) is 52.4 Å². The lowest BCUT2D eigenvalue weighted by Gasteiger charge is -2.07. The topological polar surface area (TPSA) is 104 Å². The van der Waals surface area contributed by atoms with Gasteiger partial charge in [-0.05, 0) is 44.5 Å². The fraction of sp³-hybridized carbons (Fsp3) is 0.318. The number of ketones is 1. The van der Waals surface area contributed by atoms with Gasteiger partial charge in [-0.3, -0.25) is 4.79 Å². The summed E-state index contributed by atoms with van der Waals surface area (Å²) in [6, 6.07) is 5.15. The monoisotopic (exact) mass is 415 g/mol. The zero-order valence-corrected chi connectivity index (χ0v) is 17.7. The summed E-state index contributed by atoms with van der Waals surface area (Å²) in [5.41, 5.74) is 2.16. The zero-order valence-electron chi connectivity index (χ0n) is 17.7. The van der Waals surface area contributed by atoms with Crippen LogP contribution in [0.1, 0.15) is 44.6 Å². The van der Waals surface area contributed by atoms with Crippen molar-refractivity contribution < 1.29 is 33.3 Å². The molecule has 1 aromatic heterocycles. The second kappa shape index (κ2) is 10.3. The van der Waals surface area contributed by atoms with Crippen LogP contribution in [0.2, 0.25) is 0 Å². The molecule has 0 saturated carbocycles. The highest BCUT2D eigenvalue weighted by Crippen LogP contribution is 2.25. The molecule has 1 aromatic carbocycles. The van der Waals surface area contributed by atoms with Crippen LogP contribution in [0.25, 0.3) is 6.08 Å². The van der Waals surface area contributed by atoms with Crippen molar-refractivity contribution in [2.75, 3.05) is 27.4 Å². The van der Waals surface area contributed by atoms with Gasteiger partial charge in [-0.2, -0.15) is 0 Å². The van der Waals surface area contributed by atoms with Crippen LogP contribution in [-0.4, -0.2) is 50.1 Å². The summed E-state index contributed by atoms with van der Waals surface area (Å²) in [6.07, 6.45) is 2.72. The molecule has 8 nitrogen and oxygen atoms in total. The van der Waals surface area contributed by atoms with E-state index in [4.69, 9.17) is 18.9 Å². The van der Waals surface area contributed by atoms with Gasteiger partial charge in [-0.25, -0.2) is 9.59 Å². The van der Waals surface area contributed by atoms with Gasteiger partial charge < -0.3 is 23.9 Å². The molecule has 0 radical (unpaired) electrons. The van der Waals surface area contributed by atoms with Gasteiger partial charge in [0.05, 0.1) is 32.1 Å². The summed E-state index contributed by atoms with van der Waals surface area (Å²) < 4.78 is 20.4. The van der Waals surface area contributed by atoms with E-state index in [1.165, 1.54) is 19.3 Å². The molecule has 0 aliphatic heterocycles. The van der Waals surface area contributed by atoms with Crippen LogP contribution in [0.5, 0.6) is 11.5 Å². The number of esters is 2. The highest BCUT2D eigenvalue weighted by atomic mass is 16.5. The highest BCUT2D eigenvalue weighted by molar-refractivity contribution is 6.03. The summed E-state index contributed by atoms with van der Waals surface area (Å²) >= 11 is 0. The van der Waals surface area contributed by atoms with Crippen molar-refractivity contribution in [2.24, 2.45) is 0 Å². The SMILES string of the molecule is CCOC(=O)c1c(C)[nH]c(C(=O)COC(=O)C=Cc2ccc(OC)cc2OC)c1C. The predicted molar refractivity (Wildman–Crippen MR) is 110 cm³/mol. The molecule has 30 heavy (non-hydrogen) atoms. The highest BCUT2D eigenvalue weighted by Gasteiger charge is 2.23. The molecule has 8 heteroatoms. The maximum atomic E-state index is 12.4. The Morgan fingerprint density at radius 3 is 2.43 bits per heavy atom. The third-order valence-electron chi connectivity index (χ3n) is 4.38. The lowest BCUT2D eigenvalue weighted by molar-refractivity contribution is -0.136. The van der Waals surface area contributed by atoms with E-state index < -0.39 is 24.3 Å². The molecule has 0 aliphatic carbocycles. The van der Waals surface area contributed by atoms with E-state index in [9.17, 15) is 14.4 Å². The van der Waals surface area contributed by atoms with Crippen LogP contribution in [0.4, 0.5) is 0 Å². The minimum Gasteiger partial charge on any atom is -0.497 e. The Bertz CT molecular complexity index is 972.